The largest absolute Gasteiger partial charge is 0.508 e. The molecule has 4 nitrogen and oxygen atoms in total. The first-order chi connectivity index (χ1) is 14.4. The van der Waals surface area contributed by atoms with Gasteiger partial charge in [-0.2, -0.15) is 0 Å². The van der Waals surface area contributed by atoms with Crippen molar-refractivity contribution < 1.29 is 14.3 Å². The van der Waals surface area contributed by atoms with E-state index in [1.165, 1.54) is 0 Å². The molecule has 1 atom stereocenters. The van der Waals surface area contributed by atoms with Crippen molar-refractivity contribution in [2.75, 3.05) is 32.7 Å². The minimum atomic E-state index is -0.426. The average molecular weight is 413 g/mol. The van der Waals surface area contributed by atoms with Crippen LogP contribution in [-0.4, -0.2) is 53.5 Å². The van der Waals surface area contributed by atoms with Crippen molar-refractivity contribution in [2.45, 2.75) is 45.4 Å². The topological polar surface area (TPSA) is 43.8 Å². The van der Waals surface area contributed by atoms with Crippen molar-refractivity contribution in [3.05, 3.63) is 65.0 Å². The van der Waals surface area contributed by atoms with Crippen LogP contribution < -0.4 is 0 Å². The molecule has 1 fully saturated rings. The Bertz CT molecular complexity index is 842. The van der Waals surface area contributed by atoms with E-state index in [4.69, 9.17) is 0 Å². The molecule has 0 aliphatic carbocycles. The van der Waals surface area contributed by atoms with Crippen molar-refractivity contribution in [2.24, 2.45) is 0 Å². The van der Waals surface area contributed by atoms with Gasteiger partial charge in [0, 0.05) is 36.7 Å². The number of rotatable bonds is 7. The maximum Gasteiger partial charge on any atom is 0.253 e. The second-order valence-electron chi connectivity index (χ2n) is 8.21. The molecule has 2 aromatic rings. The standard InChI is InChI=1S/C25H33FN2O2/c1-4-13-27-14-7-12-25(18-27,21-15-22(26)17-23(29)16-21)20-10-8-19(9-11-20)24(30)28(5-2)6-3/h8-11,15-17,29H,4-7,12-14,18H2,1-3H3. The number of amides is 1. The monoisotopic (exact) mass is 412 g/mol. The zero-order valence-corrected chi connectivity index (χ0v) is 18.3. The molecule has 0 radical (unpaired) electrons. The summed E-state index contributed by atoms with van der Waals surface area (Å²) in [6.07, 6.45) is 2.93. The Hall–Kier alpha value is -2.40. The van der Waals surface area contributed by atoms with E-state index >= 15 is 0 Å². The Balaban J connectivity index is 2.03. The lowest BCUT2D eigenvalue weighted by atomic mass is 9.69. The van der Waals surface area contributed by atoms with Crippen molar-refractivity contribution in [3.8, 4) is 5.75 Å². The molecule has 3 rings (SSSR count). The fourth-order valence-corrected chi connectivity index (χ4v) is 4.76. The number of hydrogen-bond donors (Lipinski definition) is 1. The fourth-order valence-electron chi connectivity index (χ4n) is 4.76. The molecular formula is C25H33FN2O2. The van der Waals surface area contributed by atoms with Crippen LogP contribution in [0.2, 0.25) is 0 Å². The molecule has 0 aromatic heterocycles. The molecule has 1 amide bonds. The van der Waals surface area contributed by atoms with Crippen LogP contribution in [0.5, 0.6) is 5.75 Å². The van der Waals surface area contributed by atoms with Crippen LogP contribution in [0, 0.1) is 5.82 Å². The number of piperidine rings is 1. The average Bonchev–Trinajstić information content (AvgIpc) is 2.74. The van der Waals surface area contributed by atoms with E-state index in [0.717, 1.165) is 56.1 Å². The summed E-state index contributed by atoms with van der Waals surface area (Å²) in [4.78, 5) is 16.9. The molecule has 1 N–H and O–H groups in total. The number of nitrogens with zero attached hydrogens (tertiary/aromatic N) is 2. The summed E-state index contributed by atoms with van der Waals surface area (Å²) in [5, 5.41) is 10.1. The van der Waals surface area contributed by atoms with Crippen LogP contribution in [0.15, 0.2) is 42.5 Å². The number of hydrogen-bond acceptors (Lipinski definition) is 3. The quantitative estimate of drug-likeness (QED) is 0.710. The molecule has 1 unspecified atom stereocenters. The summed E-state index contributed by atoms with van der Waals surface area (Å²) >= 11 is 0. The predicted molar refractivity (Wildman–Crippen MR) is 119 cm³/mol. The van der Waals surface area contributed by atoms with Gasteiger partial charge in [-0.3, -0.25) is 4.79 Å². The summed E-state index contributed by atoms with van der Waals surface area (Å²) < 4.78 is 14.2. The van der Waals surface area contributed by atoms with Gasteiger partial charge in [-0.1, -0.05) is 19.1 Å². The third-order valence-electron chi connectivity index (χ3n) is 6.28. The van der Waals surface area contributed by atoms with Gasteiger partial charge in [-0.25, -0.2) is 4.39 Å². The van der Waals surface area contributed by atoms with Crippen LogP contribution in [0.1, 0.15) is 61.5 Å². The summed E-state index contributed by atoms with van der Waals surface area (Å²) in [6, 6.07) is 12.2. The third-order valence-corrected chi connectivity index (χ3v) is 6.28. The first-order valence-corrected chi connectivity index (χ1v) is 11.1. The lowest BCUT2D eigenvalue weighted by molar-refractivity contribution is 0.0773. The Morgan fingerprint density at radius 1 is 1.10 bits per heavy atom. The van der Waals surface area contributed by atoms with E-state index in [1.54, 1.807) is 17.0 Å². The third kappa shape index (κ3) is 4.51. The van der Waals surface area contributed by atoms with Gasteiger partial charge in [-0.05, 0) is 81.6 Å². The van der Waals surface area contributed by atoms with Crippen LogP contribution in [0.25, 0.3) is 0 Å². The number of benzene rings is 2. The molecule has 0 bridgehead atoms. The molecule has 0 spiro atoms. The summed E-state index contributed by atoms with van der Waals surface area (Å²) in [6.45, 7) is 10.3. The minimum Gasteiger partial charge on any atom is -0.508 e. The van der Waals surface area contributed by atoms with E-state index in [0.29, 0.717) is 18.7 Å². The van der Waals surface area contributed by atoms with Gasteiger partial charge in [0.05, 0.1) is 0 Å². The van der Waals surface area contributed by atoms with Crippen LogP contribution >= 0.6 is 0 Å². The maximum absolute atomic E-state index is 14.2. The second kappa shape index (κ2) is 9.61. The van der Waals surface area contributed by atoms with Gasteiger partial charge in [-0.15, -0.1) is 0 Å². The Morgan fingerprint density at radius 3 is 2.40 bits per heavy atom. The minimum absolute atomic E-state index is 0.0280. The van der Waals surface area contributed by atoms with E-state index in [-0.39, 0.29) is 11.7 Å². The van der Waals surface area contributed by atoms with Crippen LogP contribution in [-0.2, 0) is 5.41 Å². The number of carbonyl (C=O) groups excluding carboxylic acids is 1. The van der Waals surface area contributed by atoms with Crippen molar-refractivity contribution in [3.63, 3.8) is 0 Å². The van der Waals surface area contributed by atoms with Gasteiger partial charge >= 0.3 is 0 Å². The number of phenols is 1. The second-order valence-corrected chi connectivity index (χ2v) is 8.21. The highest BCUT2D eigenvalue weighted by Crippen LogP contribution is 2.42. The highest BCUT2D eigenvalue weighted by Gasteiger charge is 2.39. The van der Waals surface area contributed by atoms with Crippen molar-refractivity contribution >= 4 is 5.91 Å². The van der Waals surface area contributed by atoms with Gasteiger partial charge in [0.2, 0.25) is 0 Å². The lowest BCUT2D eigenvalue weighted by Gasteiger charge is -2.44. The molecule has 1 aliphatic heterocycles. The Kier molecular flexibility index (Phi) is 7.14. The molecule has 1 aliphatic rings. The molecule has 1 saturated heterocycles. The Morgan fingerprint density at radius 2 is 1.80 bits per heavy atom. The number of halogens is 1. The summed E-state index contributed by atoms with van der Waals surface area (Å²) in [7, 11) is 0. The molecular weight excluding hydrogens is 379 g/mol. The highest BCUT2D eigenvalue weighted by atomic mass is 19.1. The molecule has 1 heterocycles. The fraction of sp³-hybridized carbons (Fsp3) is 0.480. The normalized spacial score (nSPS) is 19.6. The van der Waals surface area contributed by atoms with Gasteiger partial charge in [0.1, 0.15) is 11.6 Å². The predicted octanol–water partition coefficient (Wildman–Crippen LogP) is 4.81. The molecule has 30 heavy (non-hydrogen) atoms. The van der Waals surface area contributed by atoms with E-state index < -0.39 is 11.2 Å². The smallest absolute Gasteiger partial charge is 0.253 e. The van der Waals surface area contributed by atoms with E-state index in [2.05, 4.69) is 11.8 Å². The number of aromatic hydroxyl groups is 1. The first-order valence-electron chi connectivity index (χ1n) is 11.1. The van der Waals surface area contributed by atoms with E-state index in [1.807, 2.05) is 38.1 Å². The summed E-state index contributed by atoms with van der Waals surface area (Å²) in [5.41, 5.74) is 2.11. The molecule has 2 aromatic carbocycles. The zero-order valence-electron chi connectivity index (χ0n) is 18.3. The Labute approximate surface area is 179 Å². The first kappa shape index (κ1) is 22.3. The number of carbonyl (C=O) groups is 1. The van der Waals surface area contributed by atoms with Gasteiger partial charge < -0.3 is 14.9 Å². The van der Waals surface area contributed by atoms with Gasteiger partial charge in [0.25, 0.3) is 5.91 Å². The lowest BCUT2D eigenvalue weighted by Crippen LogP contribution is -2.47. The number of phenolic OH excluding ortho intramolecular Hbond substituents is 1. The van der Waals surface area contributed by atoms with Crippen LogP contribution in [0.4, 0.5) is 4.39 Å². The maximum atomic E-state index is 14.2. The SMILES string of the molecule is CCCN1CCCC(c2ccc(C(=O)N(CC)CC)cc2)(c2cc(O)cc(F)c2)C1. The molecule has 0 saturated carbocycles. The van der Waals surface area contributed by atoms with Gasteiger partial charge in [0.15, 0.2) is 0 Å². The highest BCUT2D eigenvalue weighted by molar-refractivity contribution is 5.94. The summed E-state index contributed by atoms with van der Waals surface area (Å²) in [5.74, 6) is -0.448. The van der Waals surface area contributed by atoms with Crippen molar-refractivity contribution in [1.82, 2.24) is 9.80 Å². The van der Waals surface area contributed by atoms with E-state index in [9.17, 15) is 14.3 Å². The molecule has 162 valence electrons. The molecule has 5 heteroatoms. The number of likely N-dealkylation sites (tertiary alicyclic amines) is 1. The van der Waals surface area contributed by atoms with Crippen molar-refractivity contribution in [1.29, 1.82) is 0 Å². The van der Waals surface area contributed by atoms with Crippen LogP contribution in [0.3, 0.4) is 0 Å². The zero-order chi connectivity index (χ0) is 21.7.